The van der Waals surface area contributed by atoms with Crippen LogP contribution in [0.1, 0.15) is 18.7 Å². The molecule has 0 spiro atoms. The number of hydrogen-bond donors (Lipinski definition) is 1. The van der Waals surface area contributed by atoms with Crippen LogP contribution >= 0.6 is 11.8 Å². The lowest BCUT2D eigenvalue weighted by Crippen LogP contribution is -2.38. The minimum Gasteiger partial charge on any atom is -0.465 e. The van der Waals surface area contributed by atoms with Gasteiger partial charge in [0.05, 0.1) is 5.75 Å². The molecule has 1 amide bonds. The number of hydrogen-bond acceptors (Lipinski definition) is 6. The normalized spacial score (nSPS) is 15.9. The molecule has 116 valence electrons. The molecular formula is C14H16N4O3S. The van der Waals surface area contributed by atoms with Crippen molar-refractivity contribution in [2.45, 2.75) is 23.8 Å². The number of nitrogens with zero attached hydrogens (tertiary/aromatic N) is 4. The van der Waals surface area contributed by atoms with Gasteiger partial charge in [-0.2, -0.15) is 4.98 Å². The molecule has 8 heteroatoms. The Balaban J connectivity index is 1.51. The molecule has 1 aliphatic rings. The third-order valence-electron chi connectivity index (χ3n) is 3.56. The number of piperidine rings is 1. The van der Waals surface area contributed by atoms with Gasteiger partial charge in [-0.25, -0.2) is 4.79 Å². The van der Waals surface area contributed by atoms with Gasteiger partial charge >= 0.3 is 6.09 Å². The van der Waals surface area contributed by atoms with Gasteiger partial charge in [-0.15, -0.1) is 11.8 Å². The highest BCUT2D eigenvalue weighted by Gasteiger charge is 2.23. The summed E-state index contributed by atoms with van der Waals surface area (Å²) in [7, 11) is 0. The fraction of sp³-hybridized carbons (Fsp3) is 0.429. The van der Waals surface area contributed by atoms with Crippen molar-refractivity contribution in [2.24, 2.45) is 0 Å². The average Bonchev–Trinajstić information content (AvgIpc) is 3.03. The standard InChI is InChI=1S/C14H16N4O3S/c19-14(20)18-7-3-11(4-8-18)22-9-12-16-13(17-21-12)10-1-5-15-6-2-10/h1-2,5-6,11H,3-4,7-9H2,(H,19,20). The average molecular weight is 320 g/mol. The monoisotopic (exact) mass is 320 g/mol. The summed E-state index contributed by atoms with van der Waals surface area (Å²) in [5.41, 5.74) is 0.879. The molecule has 0 aliphatic carbocycles. The van der Waals surface area contributed by atoms with Crippen molar-refractivity contribution in [2.75, 3.05) is 13.1 Å². The Labute approximate surface area is 131 Å². The summed E-state index contributed by atoms with van der Waals surface area (Å²) >= 11 is 1.74. The maximum absolute atomic E-state index is 10.9. The van der Waals surface area contributed by atoms with E-state index in [0.717, 1.165) is 18.4 Å². The van der Waals surface area contributed by atoms with Gasteiger partial charge in [-0.1, -0.05) is 5.16 Å². The van der Waals surface area contributed by atoms with Gasteiger partial charge < -0.3 is 14.5 Å². The van der Waals surface area contributed by atoms with Crippen molar-refractivity contribution in [3.8, 4) is 11.4 Å². The van der Waals surface area contributed by atoms with Gasteiger partial charge in [-0.05, 0) is 25.0 Å². The van der Waals surface area contributed by atoms with E-state index in [1.54, 1.807) is 24.2 Å². The topological polar surface area (TPSA) is 92.3 Å². The van der Waals surface area contributed by atoms with Crippen LogP contribution in [0.2, 0.25) is 0 Å². The summed E-state index contributed by atoms with van der Waals surface area (Å²) in [5.74, 6) is 1.81. The highest BCUT2D eigenvalue weighted by atomic mass is 32.2. The van der Waals surface area contributed by atoms with E-state index in [0.29, 0.717) is 35.8 Å². The van der Waals surface area contributed by atoms with Crippen molar-refractivity contribution in [3.05, 3.63) is 30.4 Å². The van der Waals surface area contributed by atoms with Gasteiger partial charge in [0.15, 0.2) is 0 Å². The van der Waals surface area contributed by atoms with Crippen LogP contribution in [0.3, 0.4) is 0 Å². The first kappa shape index (κ1) is 14.8. The Hall–Kier alpha value is -2.09. The second kappa shape index (κ2) is 6.78. The number of thioether (sulfide) groups is 1. The van der Waals surface area contributed by atoms with Gasteiger partial charge in [0, 0.05) is 36.3 Å². The smallest absolute Gasteiger partial charge is 0.407 e. The first-order valence-corrected chi connectivity index (χ1v) is 8.09. The first-order chi connectivity index (χ1) is 10.7. The van der Waals surface area contributed by atoms with E-state index in [1.165, 1.54) is 4.90 Å². The van der Waals surface area contributed by atoms with Crippen molar-refractivity contribution < 1.29 is 14.4 Å². The molecular weight excluding hydrogens is 304 g/mol. The van der Waals surface area contributed by atoms with Crippen LogP contribution in [-0.4, -0.2) is 49.6 Å². The summed E-state index contributed by atoms with van der Waals surface area (Å²) in [6.07, 6.45) is 4.28. The van der Waals surface area contributed by atoms with E-state index in [9.17, 15) is 4.79 Å². The molecule has 0 unspecified atom stereocenters. The molecule has 22 heavy (non-hydrogen) atoms. The predicted octanol–water partition coefficient (Wildman–Crippen LogP) is 2.51. The van der Waals surface area contributed by atoms with Crippen LogP contribution in [0.25, 0.3) is 11.4 Å². The summed E-state index contributed by atoms with van der Waals surface area (Å²) in [6, 6.07) is 3.67. The molecule has 1 fully saturated rings. The van der Waals surface area contributed by atoms with Crippen LogP contribution in [0, 0.1) is 0 Å². The molecule has 1 saturated heterocycles. The van der Waals surface area contributed by atoms with Gasteiger partial charge in [-0.3, -0.25) is 4.98 Å². The molecule has 3 heterocycles. The molecule has 0 atom stereocenters. The highest BCUT2D eigenvalue weighted by molar-refractivity contribution is 7.99. The zero-order valence-electron chi connectivity index (χ0n) is 11.9. The summed E-state index contributed by atoms with van der Waals surface area (Å²) < 4.78 is 5.26. The first-order valence-electron chi connectivity index (χ1n) is 7.05. The third kappa shape index (κ3) is 3.56. The molecule has 7 nitrogen and oxygen atoms in total. The number of aromatic nitrogens is 3. The van der Waals surface area contributed by atoms with E-state index in [2.05, 4.69) is 15.1 Å². The molecule has 0 saturated carbocycles. The summed E-state index contributed by atoms with van der Waals surface area (Å²) in [5, 5.41) is 13.3. The third-order valence-corrected chi connectivity index (χ3v) is 4.92. The quantitative estimate of drug-likeness (QED) is 0.925. The SMILES string of the molecule is O=C(O)N1CCC(SCc2nc(-c3ccncc3)no2)CC1. The molecule has 2 aromatic heterocycles. The maximum Gasteiger partial charge on any atom is 0.407 e. The van der Waals surface area contributed by atoms with Crippen LogP contribution in [0.15, 0.2) is 29.0 Å². The van der Waals surface area contributed by atoms with E-state index in [4.69, 9.17) is 9.63 Å². The maximum atomic E-state index is 10.9. The van der Waals surface area contributed by atoms with E-state index in [-0.39, 0.29) is 0 Å². The minimum atomic E-state index is -0.831. The zero-order valence-corrected chi connectivity index (χ0v) is 12.7. The number of pyridine rings is 1. The van der Waals surface area contributed by atoms with E-state index in [1.807, 2.05) is 12.1 Å². The Morgan fingerprint density at radius 3 is 2.77 bits per heavy atom. The molecule has 2 aromatic rings. The number of rotatable bonds is 4. The summed E-state index contributed by atoms with van der Waals surface area (Å²) in [4.78, 5) is 20.7. The zero-order chi connectivity index (χ0) is 15.4. The molecule has 3 rings (SSSR count). The van der Waals surface area contributed by atoms with Crippen molar-refractivity contribution in [1.82, 2.24) is 20.0 Å². The molecule has 1 N–H and O–H groups in total. The fourth-order valence-electron chi connectivity index (χ4n) is 2.33. The van der Waals surface area contributed by atoms with Crippen molar-refractivity contribution >= 4 is 17.9 Å². The second-order valence-electron chi connectivity index (χ2n) is 5.03. The number of carboxylic acid groups (broad SMARTS) is 1. The fourth-order valence-corrected chi connectivity index (χ4v) is 3.37. The van der Waals surface area contributed by atoms with Crippen LogP contribution < -0.4 is 0 Å². The Bertz CT molecular complexity index is 626. The van der Waals surface area contributed by atoms with E-state index >= 15 is 0 Å². The lowest BCUT2D eigenvalue weighted by molar-refractivity contribution is 0.136. The Morgan fingerprint density at radius 1 is 1.36 bits per heavy atom. The van der Waals surface area contributed by atoms with Gasteiger partial charge in [0.2, 0.25) is 11.7 Å². The molecule has 0 aromatic carbocycles. The van der Waals surface area contributed by atoms with E-state index < -0.39 is 6.09 Å². The summed E-state index contributed by atoms with van der Waals surface area (Å²) in [6.45, 7) is 1.19. The number of carbonyl (C=O) groups is 1. The molecule has 0 bridgehead atoms. The van der Waals surface area contributed by atoms with Crippen molar-refractivity contribution in [1.29, 1.82) is 0 Å². The van der Waals surface area contributed by atoms with Gasteiger partial charge in [0.1, 0.15) is 0 Å². The minimum absolute atomic E-state index is 0.437. The van der Waals surface area contributed by atoms with Gasteiger partial charge in [0.25, 0.3) is 0 Å². The lowest BCUT2D eigenvalue weighted by atomic mass is 10.1. The Kier molecular flexibility index (Phi) is 4.57. The van der Waals surface area contributed by atoms with Crippen LogP contribution in [0.5, 0.6) is 0 Å². The second-order valence-corrected chi connectivity index (χ2v) is 6.32. The number of likely N-dealkylation sites (tertiary alicyclic amines) is 1. The predicted molar refractivity (Wildman–Crippen MR) is 81.4 cm³/mol. The lowest BCUT2D eigenvalue weighted by Gasteiger charge is -2.29. The highest BCUT2D eigenvalue weighted by Crippen LogP contribution is 2.26. The number of amides is 1. The van der Waals surface area contributed by atoms with Crippen LogP contribution in [0.4, 0.5) is 4.79 Å². The van der Waals surface area contributed by atoms with Crippen LogP contribution in [-0.2, 0) is 5.75 Å². The molecule has 0 radical (unpaired) electrons. The molecule has 1 aliphatic heterocycles. The largest absolute Gasteiger partial charge is 0.465 e. The van der Waals surface area contributed by atoms with Crippen molar-refractivity contribution in [3.63, 3.8) is 0 Å². The Morgan fingerprint density at radius 2 is 2.09 bits per heavy atom.